The first kappa shape index (κ1) is 18.3. The predicted molar refractivity (Wildman–Crippen MR) is 106 cm³/mol. The molecular formula is C22H30N2O4. The van der Waals surface area contributed by atoms with Crippen molar-refractivity contribution in [3.05, 3.63) is 23.8 Å². The van der Waals surface area contributed by atoms with Crippen LogP contribution in [0.4, 0.5) is 5.69 Å². The number of aliphatic carboxylic acids is 1. The van der Waals surface area contributed by atoms with Crippen LogP contribution in [-0.4, -0.2) is 54.0 Å². The van der Waals surface area contributed by atoms with E-state index in [0.29, 0.717) is 13.2 Å². The highest BCUT2D eigenvalue weighted by Gasteiger charge is 2.42. The lowest BCUT2D eigenvalue weighted by molar-refractivity contribution is -0.231. The second-order valence-corrected chi connectivity index (χ2v) is 8.84. The number of carboxylic acids is 1. The minimum Gasteiger partial charge on any atom is -0.481 e. The van der Waals surface area contributed by atoms with Crippen LogP contribution in [0.3, 0.4) is 0 Å². The molecule has 5 rings (SSSR count). The van der Waals surface area contributed by atoms with Crippen molar-refractivity contribution in [2.75, 3.05) is 31.1 Å². The number of carboxylic acid groups (broad SMARTS) is 1. The number of benzene rings is 1. The van der Waals surface area contributed by atoms with Crippen LogP contribution in [0.5, 0.6) is 5.75 Å². The minimum absolute atomic E-state index is 0.276. The van der Waals surface area contributed by atoms with Crippen molar-refractivity contribution in [1.82, 2.24) is 4.90 Å². The Hall–Kier alpha value is -1.79. The van der Waals surface area contributed by atoms with Crippen LogP contribution < -0.4 is 9.64 Å². The van der Waals surface area contributed by atoms with Gasteiger partial charge in [0.1, 0.15) is 5.75 Å². The standard InChI is InChI=1S/C22H30N2O4/c25-21(26)16-3-2-10-24(14-16)19-6-7-20-17(13-19)15-27-22(28-20)8-11-23(12-9-22)18-4-1-5-18/h6-7,13,16,18H,1-5,8-12,14-15H2,(H,25,26). The van der Waals surface area contributed by atoms with Crippen molar-refractivity contribution < 1.29 is 19.4 Å². The summed E-state index contributed by atoms with van der Waals surface area (Å²) in [5, 5.41) is 9.34. The van der Waals surface area contributed by atoms with E-state index in [1.807, 2.05) is 0 Å². The number of hydrogen-bond acceptors (Lipinski definition) is 5. The molecule has 3 aliphatic heterocycles. The SMILES string of the molecule is O=C(O)C1CCCN(c2ccc3c(c2)COC2(CCN(C4CCC4)CC2)O3)C1. The van der Waals surface area contributed by atoms with Crippen LogP contribution in [-0.2, 0) is 16.1 Å². The number of fused-ring (bicyclic) bond motifs is 1. The van der Waals surface area contributed by atoms with Crippen LogP contribution in [0.1, 0.15) is 50.5 Å². The Balaban J connectivity index is 1.26. The zero-order valence-corrected chi connectivity index (χ0v) is 16.4. The number of likely N-dealkylation sites (tertiary alicyclic amines) is 1. The molecular weight excluding hydrogens is 356 g/mol. The van der Waals surface area contributed by atoms with E-state index < -0.39 is 11.8 Å². The van der Waals surface area contributed by atoms with Gasteiger partial charge in [0, 0.05) is 56.3 Å². The highest BCUT2D eigenvalue weighted by molar-refractivity contribution is 5.71. The first-order valence-electron chi connectivity index (χ1n) is 10.8. The number of anilines is 1. The van der Waals surface area contributed by atoms with E-state index in [2.05, 4.69) is 28.0 Å². The van der Waals surface area contributed by atoms with E-state index >= 15 is 0 Å². The highest BCUT2D eigenvalue weighted by Crippen LogP contribution is 2.40. The maximum Gasteiger partial charge on any atom is 0.308 e. The average Bonchev–Trinajstić information content (AvgIpc) is 2.68. The first-order chi connectivity index (χ1) is 13.6. The molecule has 1 aromatic carbocycles. The fourth-order valence-corrected chi connectivity index (χ4v) is 5.06. The molecule has 0 amide bonds. The van der Waals surface area contributed by atoms with E-state index in [1.165, 1.54) is 19.3 Å². The van der Waals surface area contributed by atoms with Crippen LogP contribution in [0.25, 0.3) is 0 Å². The fraction of sp³-hybridized carbons (Fsp3) is 0.682. The van der Waals surface area contributed by atoms with Gasteiger partial charge in [0.05, 0.1) is 12.5 Å². The van der Waals surface area contributed by atoms with E-state index in [0.717, 1.165) is 68.4 Å². The second-order valence-electron chi connectivity index (χ2n) is 8.84. The van der Waals surface area contributed by atoms with Gasteiger partial charge >= 0.3 is 5.97 Å². The molecule has 1 aromatic rings. The average molecular weight is 386 g/mol. The molecule has 1 N–H and O–H groups in total. The van der Waals surface area contributed by atoms with Crippen molar-refractivity contribution in [3.63, 3.8) is 0 Å². The lowest BCUT2D eigenvalue weighted by Crippen LogP contribution is -2.54. The van der Waals surface area contributed by atoms with Crippen molar-refractivity contribution in [2.45, 2.75) is 63.4 Å². The maximum atomic E-state index is 11.4. The smallest absolute Gasteiger partial charge is 0.308 e. The summed E-state index contributed by atoms with van der Waals surface area (Å²) in [6, 6.07) is 7.04. The molecule has 1 saturated carbocycles. The number of nitrogens with zero attached hydrogens (tertiary/aromatic N) is 2. The summed E-state index contributed by atoms with van der Waals surface area (Å²) >= 11 is 0. The molecule has 3 fully saturated rings. The number of rotatable bonds is 3. The maximum absolute atomic E-state index is 11.4. The summed E-state index contributed by atoms with van der Waals surface area (Å²) in [5.41, 5.74) is 2.15. The molecule has 152 valence electrons. The molecule has 0 radical (unpaired) electrons. The Labute approximate surface area is 166 Å². The molecule has 1 atom stereocenters. The second kappa shape index (κ2) is 7.23. The minimum atomic E-state index is -0.690. The highest BCUT2D eigenvalue weighted by atomic mass is 16.7. The van der Waals surface area contributed by atoms with Crippen molar-refractivity contribution in [2.24, 2.45) is 5.92 Å². The third-order valence-corrected chi connectivity index (χ3v) is 7.12. The molecule has 0 aromatic heterocycles. The van der Waals surface area contributed by atoms with Gasteiger partial charge in [0.25, 0.3) is 0 Å². The predicted octanol–water partition coefficient (Wildman–Crippen LogP) is 3.24. The van der Waals surface area contributed by atoms with Crippen molar-refractivity contribution in [1.29, 1.82) is 0 Å². The van der Waals surface area contributed by atoms with E-state index in [4.69, 9.17) is 9.47 Å². The number of hydrogen-bond donors (Lipinski definition) is 1. The molecule has 1 unspecified atom stereocenters. The van der Waals surface area contributed by atoms with E-state index in [1.54, 1.807) is 0 Å². The third-order valence-electron chi connectivity index (χ3n) is 7.12. The molecule has 4 aliphatic rings. The van der Waals surface area contributed by atoms with Gasteiger partial charge in [-0.25, -0.2) is 0 Å². The number of ether oxygens (including phenoxy) is 2. The molecule has 1 aliphatic carbocycles. The molecule has 2 saturated heterocycles. The quantitative estimate of drug-likeness (QED) is 0.861. The van der Waals surface area contributed by atoms with Crippen molar-refractivity contribution in [3.8, 4) is 5.75 Å². The summed E-state index contributed by atoms with van der Waals surface area (Å²) in [4.78, 5) is 16.1. The largest absolute Gasteiger partial charge is 0.481 e. The van der Waals surface area contributed by atoms with Crippen molar-refractivity contribution >= 4 is 11.7 Å². The number of carbonyl (C=O) groups is 1. The van der Waals surface area contributed by atoms with Gasteiger partial charge in [-0.2, -0.15) is 0 Å². The monoisotopic (exact) mass is 386 g/mol. The molecule has 1 spiro atoms. The summed E-state index contributed by atoms with van der Waals surface area (Å²) in [6.45, 7) is 4.18. The molecule has 28 heavy (non-hydrogen) atoms. The first-order valence-corrected chi connectivity index (χ1v) is 10.8. The Morgan fingerprint density at radius 1 is 1.11 bits per heavy atom. The van der Waals surface area contributed by atoms with Crippen LogP contribution in [0.2, 0.25) is 0 Å². The third kappa shape index (κ3) is 3.37. The van der Waals surface area contributed by atoms with E-state index in [9.17, 15) is 9.90 Å². The molecule has 0 bridgehead atoms. The zero-order chi connectivity index (χ0) is 19.1. The molecule has 3 heterocycles. The van der Waals surface area contributed by atoms with Crippen LogP contribution >= 0.6 is 0 Å². The molecule has 6 heteroatoms. The van der Waals surface area contributed by atoms with Gasteiger partial charge in [0.15, 0.2) is 0 Å². The van der Waals surface area contributed by atoms with E-state index in [-0.39, 0.29) is 5.92 Å². The summed E-state index contributed by atoms with van der Waals surface area (Å²) in [5.74, 6) is -0.501. The summed E-state index contributed by atoms with van der Waals surface area (Å²) < 4.78 is 12.6. The Morgan fingerprint density at radius 2 is 1.93 bits per heavy atom. The Morgan fingerprint density at radius 3 is 2.64 bits per heavy atom. The van der Waals surface area contributed by atoms with Gasteiger partial charge in [-0.3, -0.25) is 9.69 Å². The summed E-state index contributed by atoms with van der Waals surface area (Å²) in [7, 11) is 0. The van der Waals surface area contributed by atoms with Crippen LogP contribution in [0, 0.1) is 5.92 Å². The summed E-state index contributed by atoms with van der Waals surface area (Å²) in [6.07, 6.45) is 7.61. The van der Waals surface area contributed by atoms with Gasteiger partial charge in [-0.1, -0.05) is 6.42 Å². The molecule has 6 nitrogen and oxygen atoms in total. The number of piperidine rings is 2. The van der Waals surface area contributed by atoms with Gasteiger partial charge in [0.2, 0.25) is 5.79 Å². The van der Waals surface area contributed by atoms with Gasteiger partial charge in [-0.15, -0.1) is 0 Å². The Bertz CT molecular complexity index is 740. The Kier molecular flexibility index (Phi) is 4.71. The van der Waals surface area contributed by atoms with Gasteiger partial charge in [-0.05, 0) is 43.9 Å². The fourth-order valence-electron chi connectivity index (χ4n) is 5.06. The normalized spacial score (nSPS) is 27.7. The van der Waals surface area contributed by atoms with Crippen LogP contribution in [0.15, 0.2) is 18.2 Å². The van der Waals surface area contributed by atoms with Gasteiger partial charge < -0.3 is 19.5 Å². The topological polar surface area (TPSA) is 62.2 Å². The lowest BCUT2D eigenvalue weighted by atomic mass is 9.89. The lowest BCUT2D eigenvalue weighted by Gasteiger charge is -2.47. The zero-order valence-electron chi connectivity index (χ0n) is 16.4.